The Morgan fingerprint density at radius 2 is 2.00 bits per heavy atom. The average Bonchev–Trinajstić information content (AvgIpc) is 2.82. The van der Waals surface area contributed by atoms with Gasteiger partial charge >= 0.3 is 0 Å². The highest BCUT2D eigenvalue weighted by molar-refractivity contribution is 9.11. The Bertz CT molecular complexity index is 499. The van der Waals surface area contributed by atoms with Crippen LogP contribution in [0, 0.1) is 0 Å². The Balaban J connectivity index is 1.98. The monoisotopic (exact) mass is 314 g/mol. The van der Waals surface area contributed by atoms with Crippen molar-refractivity contribution in [2.45, 2.75) is 39.0 Å². The Hall–Kier alpha value is -0.680. The van der Waals surface area contributed by atoms with Gasteiger partial charge in [-0.3, -0.25) is 0 Å². The molecule has 0 radical (unpaired) electrons. The standard InChI is InChI=1S/C12H15BrN2OS/c1-12(2,3)9-7-14-10(16-9)5-4-8-6-15-11(13)17-8/h6-7H,4-5H2,1-3H3. The fraction of sp³-hybridized carbons (Fsp3) is 0.500. The molecule has 2 heterocycles. The van der Waals surface area contributed by atoms with Gasteiger partial charge in [-0.25, -0.2) is 9.97 Å². The van der Waals surface area contributed by atoms with Crippen molar-refractivity contribution in [3.8, 4) is 0 Å². The second-order valence-corrected chi connectivity index (χ2v) is 7.34. The van der Waals surface area contributed by atoms with E-state index in [1.54, 1.807) is 11.3 Å². The van der Waals surface area contributed by atoms with Crippen molar-refractivity contribution < 1.29 is 4.42 Å². The maximum atomic E-state index is 5.74. The molecule has 0 aromatic carbocycles. The highest BCUT2D eigenvalue weighted by Gasteiger charge is 2.19. The first-order valence-corrected chi connectivity index (χ1v) is 7.11. The molecule has 2 aromatic rings. The van der Waals surface area contributed by atoms with E-state index >= 15 is 0 Å². The molecule has 0 unspecified atom stereocenters. The van der Waals surface area contributed by atoms with E-state index in [0.29, 0.717) is 0 Å². The fourth-order valence-electron chi connectivity index (χ4n) is 1.40. The first-order valence-electron chi connectivity index (χ1n) is 5.50. The van der Waals surface area contributed by atoms with Crippen molar-refractivity contribution in [1.82, 2.24) is 9.97 Å². The summed E-state index contributed by atoms with van der Waals surface area (Å²) in [4.78, 5) is 9.71. The zero-order chi connectivity index (χ0) is 12.5. The number of oxazole rings is 1. The molecular formula is C12H15BrN2OS. The van der Waals surface area contributed by atoms with E-state index in [0.717, 1.165) is 28.4 Å². The first-order chi connectivity index (χ1) is 7.95. The van der Waals surface area contributed by atoms with E-state index in [1.807, 2.05) is 12.4 Å². The molecular weight excluding hydrogens is 300 g/mol. The third-order valence-electron chi connectivity index (χ3n) is 2.40. The van der Waals surface area contributed by atoms with Crippen molar-refractivity contribution in [2.24, 2.45) is 0 Å². The second-order valence-electron chi connectivity index (χ2n) is 4.95. The molecule has 0 atom stereocenters. The third-order valence-corrected chi connectivity index (χ3v) is 3.94. The molecule has 2 rings (SSSR count). The van der Waals surface area contributed by atoms with E-state index in [2.05, 4.69) is 46.7 Å². The zero-order valence-electron chi connectivity index (χ0n) is 10.2. The molecule has 0 aliphatic carbocycles. The van der Waals surface area contributed by atoms with Crippen LogP contribution in [0.3, 0.4) is 0 Å². The molecule has 0 aliphatic heterocycles. The number of hydrogen-bond acceptors (Lipinski definition) is 4. The van der Waals surface area contributed by atoms with Crippen LogP contribution >= 0.6 is 27.3 Å². The van der Waals surface area contributed by atoms with Gasteiger partial charge in [0.2, 0.25) is 0 Å². The van der Waals surface area contributed by atoms with Gasteiger partial charge in [-0.15, -0.1) is 11.3 Å². The van der Waals surface area contributed by atoms with Crippen LogP contribution < -0.4 is 0 Å². The molecule has 0 saturated heterocycles. The van der Waals surface area contributed by atoms with Crippen LogP contribution in [0.2, 0.25) is 0 Å². The molecule has 5 heteroatoms. The Labute approximate surface area is 113 Å². The van der Waals surface area contributed by atoms with Crippen molar-refractivity contribution in [3.63, 3.8) is 0 Å². The molecule has 0 amide bonds. The minimum Gasteiger partial charge on any atom is -0.445 e. The summed E-state index contributed by atoms with van der Waals surface area (Å²) in [6.07, 6.45) is 5.47. The van der Waals surface area contributed by atoms with Crippen molar-refractivity contribution >= 4 is 27.3 Å². The van der Waals surface area contributed by atoms with E-state index in [1.165, 1.54) is 4.88 Å². The van der Waals surface area contributed by atoms with Crippen LogP contribution in [0.25, 0.3) is 0 Å². The SMILES string of the molecule is CC(C)(C)c1cnc(CCc2cnc(Br)s2)o1. The minimum absolute atomic E-state index is 0.0266. The van der Waals surface area contributed by atoms with Crippen LogP contribution in [0.5, 0.6) is 0 Å². The maximum absolute atomic E-state index is 5.74. The summed E-state index contributed by atoms with van der Waals surface area (Å²) in [7, 11) is 0. The maximum Gasteiger partial charge on any atom is 0.194 e. The highest BCUT2D eigenvalue weighted by atomic mass is 79.9. The Kier molecular flexibility index (Phi) is 3.68. The Morgan fingerprint density at radius 1 is 1.24 bits per heavy atom. The average molecular weight is 315 g/mol. The van der Waals surface area contributed by atoms with Gasteiger partial charge in [0, 0.05) is 22.9 Å². The van der Waals surface area contributed by atoms with Crippen LogP contribution in [0.15, 0.2) is 20.7 Å². The molecule has 0 bridgehead atoms. The molecule has 0 fully saturated rings. The first kappa shape index (κ1) is 12.8. The number of nitrogens with zero attached hydrogens (tertiary/aromatic N) is 2. The lowest BCUT2D eigenvalue weighted by Gasteiger charge is -2.12. The van der Waals surface area contributed by atoms with Gasteiger partial charge in [0.15, 0.2) is 9.81 Å². The van der Waals surface area contributed by atoms with Crippen molar-refractivity contribution in [2.75, 3.05) is 0 Å². The van der Waals surface area contributed by atoms with Gasteiger partial charge < -0.3 is 4.42 Å². The highest BCUT2D eigenvalue weighted by Crippen LogP contribution is 2.24. The van der Waals surface area contributed by atoms with Crippen LogP contribution in [0.4, 0.5) is 0 Å². The summed E-state index contributed by atoms with van der Waals surface area (Å²) in [5, 5.41) is 0. The lowest BCUT2D eigenvalue weighted by molar-refractivity contribution is 0.382. The number of hydrogen-bond donors (Lipinski definition) is 0. The third kappa shape index (κ3) is 3.39. The zero-order valence-corrected chi connectivity index (χ0v) is 12.6. The summed E-state index contributed by atoms with van der Waals surface area (Å²) in [5.74, 6) is 1.75. The molecule has 92 valence electrons. The van der Waals surface area contributed by atoms with E-state index in [9.17, 15) is 0 Å². The van der Waals surface area contributed by atoms with E-state index in [4.69, 9.17) is 4.42 Å². The number of aromatic nitrogens is 2. The predicted octanol–water partition coefficient (Wildman–Crippen LogP) is 3.98. The van der Waals surface area contributed by atoms with Gasteiger partial charge in [-0.2, -0.15) is 0 Å². The molecule has 0 aliphatic rings. The topological polar surface area (TPSA) is 38.9 Å². The Morgan fingerprint density at radius 3 is 2.53 bits per heavy atom. The normalized spacial score (nSPS) is 12.0. The molecule has 2 aromatic heterocycles. The summed E-state index contributed by atoms with van der Waals surface area (Å²) in [5.41, 5.74) is 0.0266. The van der Waals surface area contributed by atoms with Gasteiger partial charge in [-0.1, -0.05) is 20.8 Å². The molecule has 0 saturated carbocycles. The van der Waals surface area contributed by atoms with Gasteiger partial charge in [-0.05, 0) is 22.4 Å². The molecule has 0 N–H and O–H groups in total. The van der Waals surface area contributed by atoms with Crippen molar-refractivity contribution in [3.05, 3.63) is 32.8 Å². The predicted molar refractivity (Wildman–Crippen MR) is 72.4 cm³/mol. The summed E-state index contributed by atoms with van der Waals surface area (Å²) >= 11 is 5.01. The van der Waals surface area contributed by atoms with E-state index in [-0.39, 0.29) is 5.41 Å². The van der Waals surface area contributed by atoms with Crippen molar-refractivity contribution in [1.29, 1.82) is 0 Å². The smallest absolute Gasteiger partial charge is 0.194 e. The van der Waals surface area contributed by atoms with Crippen LogP contribution in [0.1, 0.15) is 37.3 Å². The lowest BCUT2D eigenvalue weighted by atomic mass is 9.94. The molecule has 17 heavy (non-hydrogen) atoms. The summed E-state index contributed by atoms with van der Waals surface area (Å²) in [6.45, 7) is 6.37. The minimum atomic E-state index is 0.0266. The number of rotatable bonds is 3. The second kappa shape index (κ2) is 4.90. The quantitative estimate of drug-likeness (QED) is 0.860. The fourth-order valence-corrected chi connectivity index (χ4v) is 2.76. The number of halogens is 1. The van der Waals surface area contributed by atoms with E-state index < -0.39 is 0 Å². The number of aryl methyl sites for hydroxylation is 2. The largest absolute Gasteiger partial charge is 0.445 e. The van der Waals surface area contributed by atoms with Gasteiger partial charge in [0.1, 0.15) is 5.76 Å². The lowest BCUT2D eigenvalue weighted by Crippen LogP contribution is -2.09. The van der Waals surface area contributed by atoms with Gasteiger partial charge in [0.25, 0.3) is 0 Å². The van der Waals surface area contributed by atoms with Crippen LogP contribution in [-0.2, 0) is 18.3 Å². The molecule has 0 spiro atoms. The number of thiazole rings is 1. The molecule has 3 nitrogen and oxygen atoms in total. The van der Waals surface area contributed by atoms with Crippen LogP contribution in [-0.4, -0.2) is 9.97 Å². The summed E-state index contributed by atoms with van der Waals surface area (Å²) in [6, 6.07) is 0. The van der Waals surface area contributed by atoms with Gasteiger partial charge in [0.05, 0.1) is 6.20 Å². The summed E-state index contributed by atoms with van der Waals surface area (Å²) < 4.78 is 6.66.